The number of para-hydroxylation sites is 1. The minimum Gasteiger partial charge on any atom is -0.481 e. The second kappa shape index (κ2) is 8.00. The zero-order valence-electron chi connectivity index (χ0n) is 15.2. The van der Waals surface area contributed by atoms with Gasteiger partial charge in [0.25, 0.3) is 5.91 Å². The van der Waals surface area contributed by atoms with Crippen molar-refractivity contribution in [2.24, 2.45) is 0 Å². The molecule has 24 heavy (non-hydrogen) atoms. The number of benzene rings is 2. The summed E-state index contributed by atoms with van der Waals surface area (Å²) in [6.45, 7) is 10.1. The quantitative estimate of drug-likeness (QED) is 0.803. The van der Waals surface area contributed by atoms with E-state index in [-0.39, 0.29) is 5.91 Å². The summed E-state index contributed by atoms with van der Waals surface area (Å²) in [4.78, 5) is 12.6. The Morgan fingerprint density at radius 2 is 1.83 bits per heavy atom. The van der Waals surface area contributed by atoms with Crippen LogP contribution < -0.4 is 10.1 Å². The first-order chi connectivity index (χ1) is 11.4. The number of carbonyl (C=O) groups is 1. The molecule has 1 atom stereocenters. The molecular formula is C21H27NO2. The Morgan fingerprint density at radius 3 is 2.50 bits per heavy atom. The smallest absolute Gasteiger partial charge is 0.265 e. The first-order valence-corrected chi connectivity index (χ1v) is 8.58. The molecule has 1 amide bonds. The van der Waals surface area contributed by atoms with Crippen LogP contribution in [-0.4, -0.2) is 12.0 Å². The van der Waals surface area contributed by atoms with Gasteiger partial charge in [-0.3, -0.25) is 4.79 Å². The van der Waals surface area contributed by atoms with Gasteiger partial charge in [-0.05, 0) is 55.0 Å². The van der Waals surface area contributed by atoms with Gasteiger partial charge in [-0.2, -0.15) is 0 Å². The van der Waals surface area contributed by atoms with Crippen molar-refractivity contribution in [1.29, 1.82) is 0 Å². The maximum Gasteiger partial charge on any atom is 0.265 e. The Balaban J connectivity index is 2.12. The molecule has 0 heterocycles. The lowest BCUT2D eigenvalue weighted by Gasteiger charge is -2.19. The number of rotatable bonds is 6. The molecule has 0 saturated carbocycles. The van der Waals surface area contributed by atoms with Gasteiger partial charge < -0.3 is 10.1 Å². The van der Waals surface area contributed by atoms with Crippen molar-refractivity contribution < 1.29 is 9.53 Å². The number of anilines is 1. The Hall–Kier alpha value is -2.29. The molecule has 0 radical (unpaired) electrons. The third kappa shape index (κ3) is 4.38. The predicted molar refractivity (Wildman–Crippen MR) is 99.8 cm³/mol. The number of hydrogen-bond acceptors (Lipinski definition) is 2. The summed E-state index contributed by atoms with van der Waals surface area (Å²) in [6, 6.07) is 14.0. The van der Waals surface area contributed by atoms with Gasteiger partial charge >= 0.3 is 0 Å². The normalized spacial score (nSPS) is 12.1. The third-order valence-electron chi connectivity index (χ3n) is 4.16. The first-order valence-electron chi connectivity index (χ1n) is 8.58. The number of ether oxygens (including phenoxy) is 1. The summed E-state index contributed by atoms with van der Waals surface area (Å²) in [5.74, 6) is 0.941. The molecule has 2 rings (SSSR count). The lowest BCUT2D eigenvalue weighted by atomic mass is 9.98. The standard InChI is InChI=1S/C21H27NO2/c1-6-17-10-8-11-18(13-17)24-16(5)21(23)22-20-15(4)9-7-12-19(20)14(2)3/h7-14,16H,6H2,1-5H3,(H,22,23). The van der Waals surface area contributed by atoms with Crippen LogP contribution in [0.15, 0.2) is 42.5 Å². The number of hydrogen-bond donors (Lipinski definition) is 1. The minimum atomic E-state index is -0.559. The van der Waals surface area contributed by atoms with E-state index in [1.54, 1.807) is 6.92 Å². The Labute approximate surface area is 145 Å². The topological polar surface area (TPSA) is 38.3 Å². The molecule has 0 spiro atoms. The fourth-order valence-corrected chi connectivity index (χ4v) is 2.66. The molecule has 1 unspecified atom stereocenters. The van der Waals surface area contributed by atoms with Crippen molar-refractivity contribution in [3.63, 3.8) is 0 Å². The van der Waals surface area contributed by atoms with Gasteiger partial charge in [0.1, 0.15) is 5.75 Å². The van der Waals surface area contributed by atoms with Crippen molar-refractivity contribution in [3.05, 3.63) is 59.2 Å². The number of nitrogens with one attached hydrogen (secondary N) is 1. The van der Waals surface area contributed by atoms with Crippen molar-refractivity contribution in [2.45, 2.75) is 53.1 Å². The average molecular weight is 325 g/mol. The van der Waals surface area contributed by atoms with Gasteiger partial charge in [0, 0.05) is 5.69 Å². The van der Waals surface area contributed by atoms with Crippen molar-refractivity contribution in [1.82, 2.24) is 0 Å². The van der Waals surface area contributed by atoms with Crippen LogP contribution in [0.4, 0.5) is 5.69 Å². The minimum absolute atomic E-state index is 0.131. The Morgan fingerprint density at radius 1 is 1.12 bits per heavy atom. The van der Waals surface area contributed by atoms with Gasteiger partial charge in [-0.15, -0.1) is 0 Å². The fraction of sp³-hybridized carbons (Fsp3) is 0.381. The van der Waals surface area contributed by atoms with Crippen LogP contribution in [-0.2, 0) is 11.2 Å². The van der Waals surface area contributed by atoms with E-state index in [0.29, 0.717) is 5.92 Å². The van der Waals surface area contributed by atoms with Gasteiger partial charge in [-0.25, -0.2) is 0 Å². The molecule has 0 bridgehead atoms. The van der Waals surface area contributed by atoms with Crippen LogP contribution in [0.5, 0.6) is 5.75 Å². The molecule has 128 valence electrons. The fourth-order valence-electron chi connectivity index (χ4n) is 2.66. The van der Waals surface area contributed by atoms with E-state index < -0.39 is 6.10 Å². The maximum atomic E-state index is 12.6. The zero-order chi connectivity index (χ0) is 17.7. The summed E-state index contributed by atoms with van der Waals surface area (Å²) >= 11 is 0. The molecular weight excluding hydrogens is 298 g/mol. The van der Waals surface area contributed by atoms with Gasteiger partial charge in [-0.1, -0.05) is 51.1 Å². The summed E-state index contributed by atoms with van der Waals surface area (Å²) < 4.78 is 5.82. The number of carbonyl (C=O) groups excluding carboxylic acids is 1. The first kappa shape index (κ1) is 18.1. The van der Waals surface area contributed by atoms with Crippen LogP contribution >= 0.6 is 0 Å². The molecule has 2 aromatic carbocycles. The van der Waals surface area contributed by atoms with E-state index in [2.05, 4.69) is 38.2 Å². The van der Waals surface area contributed by atoms with Crippen molar-refractivity contribution in [2.75, 3.05) is 5.32 Å². The van der Waals surface area contributed by atoms with E-state index in [1.807, 2.05) is 37.3 Å². The summed E-state index contributed by atoms with van der Waals surface area (Å²) in [7, 11) is 0. The molecule has 0 aliphatic rings. The molecule has 0 saturated heterocycles. The highest BCUT2D eigenvalue weighted by Gasteiger charge is 2.18. The number of aryl methyl sites for hydroxylation is 2. The summed E-state index contributed by atoms with van der Waals surface area (Å²) in [5, 5.41) is 3.04. The Bertz CT molecular complexity index is 707. The van der Waals surface area contributed by atoms with E-state index in [0.717, 1.165) is 29.0 Å². The molecule has 3 nitrogen and oxygen atoms in total. The Kier molecular flexibility index (Phi) is 6.02. The molecule has 3 heteroatoms. The largest absolute Gasteiger partial charge is 0.481 e. The summed E-state index contributed by atoms with van der Waals surface area (Å²) in [6.07, 6.45) is 0.385. The zero-order valence-corrected chi connectivity index (χ0v) is 15.2. The van der Waals surface area contributed by atoms with E-state index >= 15 is 0 Å². The second-order valence-corrected chi connectivity index (χ2v) is 6.44. The van der Waals surface area contributed by atoms with Crippen LogP contribution in [0.1, 0.15) is 50.3 Å². The molecule has 1 N–H and O–H groups in total. The van der Waals surface area contributed by atoms with Crippen LogP contribution in [0.3, 0.4) is 0 Å². The monoisotopic (exact) mass is 325 g/mol. The highest BCUT2D eigenvalue weighted by molar-refractivity contribution is 5.95. The molecule has 0 aliphatic heterocycles. The second-order valence-electron chi connectivity index (χ2n) is 6.44. The highest BCUT2D eigenvalue weighted by Crippen LogP contribution is 2.27. The lowest BCUT2D eigenvalue weighted by molar-refractivity contribution is -0.122. The number of amides is 1. The predicted octanol–water partition coefficient (Wildman–Crippen LogP) is 5.09. The van der Waals surface area contributed by atoms with E-state index in [9.17, 15) is 4.79 Å². The highest BCUT2D eigenvalue weighted by atomic mass is 16.5. The van der Waals surface area contributed by atoms with Gasteiger partial charge in [0.2, 0.25) is 0 Å². The van der Waals surface area contributed by atoms with E-state index in [4.69, 9.17) is 4.74 Å². The van der Waals surface area contributed by atoms with Crippen LogP contribution in [0.25, 0.3) is 0 Å². The van der Waals surface area contributed by atoms with E-state index in [1.165, 1.54) is 5.56 Å². The lowest BCUT2D eigenvalue weighted by Crippen LogP contribution is -2.30. The SMILES string of the molecule is CCc1cccc(OC(C)C(=O)Nc2c(C)cccc2C(C)C)c1. The van der Waals surface area contributed by atoms with Crippen LogP contribution in [0, 0.1) is 6.92 Å². The summed E-state index contributed by atoms with van der Waals surface area (Å²) in [5.41, 5.74) is 4.30. The molecule has 0 fully saturated rings. The van der Waals surface area contributed by atoms with Crippen molar-refractivity contribution in [3.8, 4) is 5.75 Å². The average Bonchev–Trinajstić information content (AvgIpc) is 2.56. The maximum absolute atomic E-state index is 12.6. The molecule has 0 aliphatic carbocycles. The van der Waals surface area contributed by atoms with Crippen molar-refractivity contribution >= 4 is 11.6 Å². The molecule has 2 aromatic rings. The van der Waals surface area contributed by atoms with Gasteiger partial charge in [0.15, 0.2) is 6.10 Å². The van der Waals surface area contributed by atoms with Gasteiger partial charge in [0.05, 0.1) is 0 Å². The van der Waals surface area contributed by atoms with Crippen LogP contribution in [0.2, 0.25) is 0 Å². The third-order valence-corrected chi connectivity index (χ3v) is 4.16. The molecule has 0 aromatic heterocycles.